The van der Waals surface area contributed by atoms with Crippen molar-refractivity contribution in [3.05, 3.63) is 39.9 Å². The molecule has 1 N–H and O–H groups in total. The molecule has 1 aliphatic rings. The average Bonchev–Trinajstić information content (AvgIpc) is 2.38. The van der Waals surface area contributed by atoms with Crippen LogP contribution in [0.3, 0.4) is 0 Å². The molecule has 0 aliphatic carbocycles. The van der Waals surface area contributed by atoms with Gasteiger partial charge in [0.1, 0.15) is 0 Å². The van der Waals surface area contributed by atoms with Crippen LogP contribution in [0.15, 0.2) is 24.3 Å². The Labute approximate surface area is 110 Å². The number of non-ortho nitro benzene ring substituents is 1. The lowest BCUT2D eigenvalue weighted by Crippen LogP contribution is -2.38. The number of carbonyl (C=O) groups excluding carboxylic acids is 1. The Balaban J connectivity index is 2.10. The molecular formula is C13H16N2O4. The third-order valence-electron chi connectivity index (χ3n) is 3.14. The number of nitrogens with one attached hydrogen (secondary N) is 1. The molecule has 2 rings (SSSR count). The third kappa shape index (κ3) is 3.51. The molecule has 1 saturated heterocycles. The Kier molecular flexibility index (Phi) is 4.11. The molecule has 0 bridgehead atoms. The zero-order valence-electron chi connectivity index (χ0n) is 10.7. The summed E-state index contributed by atoms with van der Waals surface area (Å²) >= 11 is 0. The van der Waals surface area contributed by atoms with E-state index in [9.17, 15) is 14.9 Å². The highest BCUT2D eigenvalue weighted by Crippen LogP contribution is 2.30. The molecule has 1 aromatic rings. The molecule has 0 unspecified atom stereocenters. The number of rotatable bonds is 3. The molecular weight excluding hydrogens is 248 g/mol. The van der Waals surface area contributed by atoms with Gasteiger partial charge in [-0.05, 0) is 18.4 Å². The van der Waals surface area contributed by atoms with Crippen molar-refractivity contribution in [1.82, 2.24) is 5.32 Å². The molecule has 2 atom stereocenters. The van der Waals surface area contributed by atoms with Gasteiger partial charge >= 0.3 is 0 Å². The van der Waals surface area contributed by atoms with Gasteiger partial charge in [-0.15, -0.1) is 0 Å². The van der Waals surface area contributed by atoms with Gasteiger partial charge in [-0.25, -0.2) is 0 Å². The Morgan fingerprint density at radius 1 is 1.53 bits per heavy atom. The Morgan fingerprint density at radius 3 is 3.00 bits per heavy atom. The van der Waals surface area contributed by atoms with Gasteiger partial charge < -0.3 is 10.1 Å². The highest BCUT2D eigenvalue weighted by atomic mass is 16.6. The summed E-state index contributed by atoms with van der Waals surface area (Å²) in [5, 5.41) is 13.6. The van der Waals surface area contributed by atoms with Gasteiger partial charge in [-0.1, -0.05) is 12.1 Å². The molecule has 1 fully saturated rings. The highest BCUT2D eigenvalue weighted by molar-refractivity contribution is 5.73. The maximum atomic E-state index is 11.1. The van der Waals surface area contributed by atoms with Crippen molar-refractivity contribution in [2.45, 2.75) is 31.9 Å². The number of hydrogen-bond donors (Lipinski definition) is 1. The summed E-state index contributed by atoms with van der Waals surface area (Å²) in [6.07, 6.45) is 1.21. The van der Waals surface area contributed by atoms with Crippen LogP contribution in [0.1, 0.15) is 31.4 Å². The number of carbonyl (C=O) groups is 1. The lowest BCUT2D eigenvalue weighted by atomic mass is 9.97. The molecule has 0 spiro atoms. The number of hydrogen-bond acceptors (Lipinski definition) is 4. The second-order valence-corrected chi connectivity index (χ2v) is 4.63. The fourth-order valence-corrected chi connectivity index (χ4v) is 2.29. The lowest BCUT2D eigenvalue weighted by molar-refractivity contribution is -0.385. The normalized spacial score (nSPS) is 22.8. The van der Waals surface area contributed by atoms with Crippen LogP contribution in [-0.4, -0.2) is 23.5 Å². The second kappa shape index (κ2) is 5.79. The summed E-state index contributed by atoms with van der Waals surface area (Å²) in [6, 6.07) is 6.51. The van der Waals surface area contributed by atoms with Crippen molar-refractivity contribution >= 4 is 11.6 Å². The Morgan fingerprint density at radius 2 is 2.32 bits per heavy atom. The van der Waals surface area contributed by atoms with Crippen molar-refractivity contribution in [2.24, 2.45) is 0 Å². The van der Waals surface area contributed by atoms with Gasteiger partial charge in [0.05, 0.1) is 11.0 Å². The first-order valence-electron chi connectivity index (χ1n) is 6.19. The van der Waals surface area contributed by atoms with E-state index >= 15 is 0 Å². The predicted molar refractivity (Wildman–Crippen MR) is 68.6 cm³/mol. The van der Waals surface area contributed by atoms with Gasteiger partial charge in [-0.3, -0.25) is 14.9 Å². The second-order valence-electron chi connectivity index (χ2n) is 4.63. The number of nitro groups is 1. The fraction of sp³-hybridized carbons (Fsp3) is 0.462. The topological polar surface area (TPSA) is 81.5 Å². The first-order chi connectivity index (χ1) is 9.06. The summed E-state index contributed by atoms with van der Waals surface area (Å²) in [7, 11) is 0. The number of amides is 1. The summed E-state index contributed by atoms with van der Waals surface area (Å²) in [4.78, 5) is 21.4. The van der Waals surface area contributed by atoms with Crippen LogP contribution < -0.4 is 5.32 Å². The zero-order valence-corrected chi connectivity index (χ0v) is 10.7. The molecule has 0 saturated carbocycles. The van der Waals surface area contributed by atoms with E-state index in [1.807, 2.05) is 6.07 Å². The first-order valence-corrected chi connectivity index (χ1v) is 6.19. The molecule has 19 heavy (non-hydrogen) atoms. The molecule has 6 nitrogen and oxygen atoms in total. The van der Waals surface area contributed by atoms with E-state index in [0.717, 1.165) is 12.0 Å². The lowest BCUT2D eigenvalue weighted by Gasteiger charge is -2.30. The van der Waals surface area contributed by atoms with Crippen LogP contribution in [0.5, 0.6) is 0 Å². The zero-order chi connectivity index (χ0) is 13.8. The molecule has 0 aromatic heterocycles. The highest BCUT2D eigenvalue weighted by Gasteiger charge is 2.25. The quantitative estimate of drug-likeness (QED) is 0.668. The third-order valence-corrected chi connectivity index (χ3v) is 3.14. The van der Waals surface area contributed by atoms with Crippen LogP contribution in [0.25, 0.3) is 0 Å². The Hall–Kier alpha value is -1.95. The first kappa shape index (κ1) is 13.5. The van der Waals surface area contributed by atoms with Crippen molar-refractivity contribution in [2.75, 3.05) is 6.61 Å². The molecule has 1 aromatic carbocycles. The van der Waals surface area contributed by atoms with Crippen LogP contribution in [0.4, 0.5) is 5.69 Å². The summed E-state index contributed by atoms with van der Waals surface area (Å²) in [5.74, 6) is -0.0651. The van der Waals surface area contributed by atoms with E-state index in [1.165, 1.54) is 19.1 Å². The average molecular weight is 264 g/mol. The summed E-state index contributed by atoms with van der Waals surface area (Å²) in [6.45, 7) is 2.02. The van der Waals surface area contributed by atoms with E-state index in [-0.39, 0.29) is 23.7 Å². The van der Waals surface area contributed by atoms with Crippen molar-refractivity contribution in [1.29, 1.82) is 0 Å². The van der Waals surface area contributed by atoms with Gasteiger partial charge in [0.25, 0.3) is 5.69 Å². The van der Waals surface area contributed by atoms with E-state index in [4.69, 9.17) is 4.74 Å². The van der Waals surface area contributed by atoms with Gasteiger partial charge in [0.15, 0.2) is 0 Å². The monoisotopic (exact) mass is 264 g/mol. The van der Waals surface area contributed by atoms with Gasteiger partial charge in [0, 0.05) is 31.7 Å². The van der Waals surface area contributed by atoms with Crippen molar-refractivity contribution in [3.63, 3.8) is 0 Å². The van der Waals surface area contributed by atoms with Crippen LogP contribution >= 0.6 is 0 Å². The Bertz CT molecular complexity index is 489. The van der Waals surface area contributed by atoms with Crippen molar-refractivity contribution < 1.29 is 14.5 Å². The predicted octanol–water partition coefficient (Wildman–Crippen LogP) is 1.95. The number of nitrogens with zero attached hydrogens (tertiary/aromatic N) is 1. The SMILES string of the molecule is CC(=O)N[C@@H]1CCO[C@H](c2cccc([N+](=O)[O-])c2)C1. The number of nitro benzene ring substituents is 1. The van der Waals surface area contributed by atoms with E-state index in [2.05, 4.69) is 5.32 Å². The minimum Gasteiger partial charge on any atom is -0.373 e. The molecule has 1 aliphatic heterocycles. The van der Waals surface area contributed by atoms with Crippen molar-refractivity contribution in [3.8, 4) is 0 Å². The summed E-state index contributed by atoms with van der Waals surface area (Å²) in [5.41, 5.74) is 0.840. The standard InChI is InChI=1S/C13H16N2O4/c1-9(16)14-11-5-6-19-13(8-11)10-3-2-4-12(7-10)15(17)18/h2-4,7,11,13H,5-6,8H2,1H3,(H,14,16)/t11-,13+/m1/s1. The summed E-state index contributed by atoms with van der Waals surface area (Å²) < 4.78 is 5.64. The van der Waals surface area contributed by atoms with Gasteiger partial charge in [-0.2, -0.15) is 0 Å². The largest absolute Gasteiger partial charge is 0.373 e. The maximum Gasteiger partial charge on any atom is 0.269 e. The molecule has 6 heteroatoms. The number of ether oxygens (including phenoxy) is 1. The van der Waals surface area contributed by atoms with E-state index in [1.54, 1.807) is 6.07 Å². The van der Waals surface area contributed by atoms with Crippen LogP contribution in [0, 0.1) is 10.1 Å². The minimum absolute atomic E-state index is 0.0581. The minimum atomic E-state index is -0.419. The van der Waals surface area contributed by atoms with Gasteiger partial charge in [0.2, 0.25) is 5.91 Å². The smallest absolute Gasteiger partial charge is 0.269 e. The molecule has 102 valence electrons. The number of benzene rings is 1. The van der Waals surface area contributed by atoms with E-state index in [0.29, 0.717) is 13.0 Å². The molecule has 1 heterocycles. The molecule has 1 amide bonds. The maximum absolute atomic E-state index is 11.1. The van der Waals surface area contributed by atoms with E-state index < -0.39 is 4.92 Å². The molecule has 0 radical (unpaired) electrons. The van der Waals surface area contributed by atoms with Crippen LogP contribution in [-0.2, 0) is 9.53 Å². The van der Waals surface area contributed by atoms with Crippen LogP contribution in [0.2, 0.25) is 0 Å². The fourth-order valence-electron chi connectivity index (χ4n) is 2.29.